The van der Waals surface area contributed by atoms with E-state index >= 15 is 0 Å². The Balaban J connectivity index is 1.63. The van der Waals surface area contributed by atoms with Crippen LogP contribution in [0.2, 0.25) is 0 Å². The van der Waals surface area contributed by atoms with Crippen LogP contribution >= 0.6 is 0 Å². The number of likely N-dealkylation sites (tertiary alicyclic amines) is 1. The number of nitrogens with zero attached hydrogens (tertiary/aromatic N) is 2. The molecule has 3 rings (SSSR count). The Morgan fingerprint density at radius 2 is 1.75 bits per heavy atom. The van der Waals surface area contributed by atoms with Crippen molar-refractivity contribution in [3.05, 3.63) is 48.0 Å². The first-order chi connectivity index (χ1) is 18.8. The van der Waals surface area contributed by atoms with Crippen molar-refractivity contribution in [1.29, 1.82) is 0 Å². The molecular weight excluding hydrogens is 522 g/mol. The van der Waals surface area contributed by atoms with Gasteiger partial charge in [-0.15, -0.1) is 0 Å². The monoisotopic (exact) mass is 560 g/mol. The molecule has 1 aliphatic rings. The van der Waals surface area contributed by atoms with Gasteiger partial charge in [0.25, 0.3) is 0 Å². The summed E-state index contributed by atoms with van der Waals surface area (Å²) < 4.78 is 44.0. The highest BCUT2D eigenvalue weighted by Crippen LogP contribution is 2.33. The highest BCUT2D eigenvalue weighted by Gasteiger charge is 2.35. The number of rotatable bonds is 9. The lowest BCUT2D eigenvalue weighted by Gasteiger charge is -2.37. The second-order valence-electron chi connectivity index (χ2n) is 11.0. The fourth-order valence-corrected chi connectivity index (χ4v) is 4.63. The maximum absolute atomic E-state index is 13.8. The molecule has 0 aromatic heterocycles. The molecule has 2 atom stereocenters. The number of piperidine rings is 1. The van der Waals surface area contributed by atoms with Gasteiger partial charge in [-0.05, 0) is 57.4 Å². The molecule has 0 aliphatic carbocycles. The van der Waals surface area contributed by atoms with Crippen LogP contribution < -0.4 is 9.47 Å². The van der Waals surface area contributed by atoms with Gasteiger partial charge >= 0.3 is 5.97 Å². The van der Waals surface area contributed by atoms with Crippen LogP contribution in [-0.4, -0.2) is 73.1 Å². The fraction of sp³-hybridized carbons (Fsp3) is 0.500. The Morgan fingerprint density at radius 3 is 2.35 bits per heavy atom. The summed E-state index contributed by atoms with van der Waals surface area (Å²) in [5.41, 5.74) is 0.362. The van der Waals surface area contributed by atoms with Crippen LogP contribution in [-0.2, 0) is 19.1 Å². The molecule has 40 heavy (non-hydrogen) atoms. The van der Waals surface area contributed by atoms with Crippen LogP contribution in [0.25, 0.3) is 11.1 Å². The lowest BCUT2D eigenvalue weighted by Crippen LogP contribution is -2.53. The van der Waals surface area contributed by atoms with Gasteiger partial charge in [0.05, 0.1) is 20.1 Å². The number of carbonyl (C=O) groups is 3. The van der Waals surface area contributed by atoms with E-state index in [1.165, 1.54) is 26.0 Å². The van der Waals surface area contributed by atoms with Crippen LogP contribution in [0.5, 0.6) is 11.5 Å². The van der Waals surface area contributed by atoms with E-state index in [-0.39, 0.29) is 29.9 Å². The molecule has 0 radical (unpaired) electrons. The van der Waals surface area contributed by atoms with Gasteiger partial charge < -0.3 is 24.0 Å². The van der Waals surface area contributed by atoms with Gasteiger partial charge in [0, 0.05) is 44.6 Å². The SMILES string of the molecule is COc1cc(F)c(F)cc1-c1ccc(OCC2CCCN(C(=O)C(CC(=O)OC(C)(C)C)N(C)C(C)=O)C2)cc1. The van der Waals surface area contributed by atoms with Gasteiger partial charge in [-0.25, -0.2) is 8.78 Å². The normalized spacial score (nSPS) is 16.2. The first-order valence-electron chi connectivity index (χ1n) is 13.3. The van der Waals surface area contributed by atoms with Gasteiger partial charge in [0.2, 0.25) is 11.8 Å². The molecular formula is C30H38F2N2O6. The number of benzene rings is 2. The number of amides is 2. The van der Waals surface area contributed by atoms with Crippen molar-refractivity contribution in [2.75, 3.05) is 33.9 Å². The molecule has 0 spiro atoms. The summed E-state index contributed by atoms with van der Waals surface area (Å²) in [4.78, 5) is 41.0. The average Bonchev–Trinajstić information content (AvgIpc) is 2.90. The van der Waals surface area contributed by atoms with E-state index in [1.807, 2.05) is 0 Å². The lowest BCUT2D eigenvalue weighted by molar-refractivity contribution is -0.160. The molecule has 218 valence electrons. The van der Waals surface area contributed by atoms with Crippen molar-refractivity contribution in [2.45, 2.75) is 58.6 Å². The van der Waals surface area contributed by atoms with Gasteiger partial charge in [-0.3, -0.25) is 14.4 Å². The summed E-state index contributed by atoms with van der Waals surface area (Å²) in [6, 6.07) is 8.10. The number of likely N-dealkylation sites (N-methyl/N-ethyl adjacent to an activating group) is 1. The highest BCUT2D eigenvalue weighted by molar-refractivity contribution is 5.90. The minimum Gasteiger partial charge on any atom is -0.496 e. The molecule has 1 aliphatic heterocycles. The molecule has 1 heterocycles. The Bertz CT molecular complexity index is 1210. The zero-order valence-corrected chi connectivity index (χ0v) is 24.0. The van der Waals surface area contributed by atoms with Crippen LogP contribution in [0.15, 0.2) is 36.4 Å². The molecule has 0 bridgehead atoms. The third-order valence-corrected chi connectivity index (χ3v) is 6.75. The molecule has 2 aromatic rings. The van der Waals surface area contributed by atoms with E-state index in [4.69, 9.17) is 14.2 Å². The Morgan fingerprint density at radius 1 is 1.10 bits per heavy atom. The third kappa shape index (κ3) is 8.16. The summed E-state index contributed by atoms with van der Waals surface area (Å²) in [7, 11) is 2.91. The van der Waals surface area contributed by atoms with E-state index in [9.17, 15) is 23.2 Å². The Kier molecular flexibility index (Phi) is 10.1. The first-order valence-corrected chi connectivity index (χ1v) is 13.3. The molecule has 8 nitrogen and oxygen atoms in total. The van der Waals surface area contributed by atoms with Crippen molar-refractivity contribution in [3.63, 3.8) is 0 Å². The Labute approximate surface area is 234 Å². The van der Waals surface area contributed by atoms with Crippen molar-refractivity contribution in [1.82, 2.24) is 9.80 Å². The molecule has 1 fully saturated rings. The standard InChI is InChI=1S/C30H38F2N2O6/c1-19(35)33(5)26(16-28(36)40-30(2,3)4)29(37)34-13-7-8-20(17-34)18-39-22-11-9-21(10-12-22)23-14-24(31)25(32)15-27(23)38-6/h9-12,14-15,20,26H,7-8,13,16-18H2,1-6H3. The predicted molar refractivity (Wildman–Crippen MR) is 146 cm³/mol. The molecule has 1 saturated heterocycles. The van der Waals surface area contributed by atoms with E-state index in [0.29, 0.717) is 36.6 Å². The summed E-state index contributed by atoms with van der Waals surface area (Å²) in [6.45, 7) is 7.92. The van der Waals surface area contributed by atoms with Crippen molar-refractivity contribution in [3.8, 4) is 22.6 Å². The van der Waals surface area contributed by atoms with E-state index < -0.39 is 29.2 Å². The van der Waals surface area contributed by atoms with Gasteiger partial charge in [0.1, 0.15) is 23.1 Å². The van der Waals surface area contributed by atoms with Crippen molar-refractivity contribution < 1.29 is 37.4 Å². The number of hydrogen-bond acceptors (Lipinski definition) is 6. The highest BCUT2D eigenvalue weighted by atomic mass is 19.2. The number of methoxy groups -OCH3 is 1. The fourth-order valence-electron chi connectivity index (χ4n) is 4.63. The largest absolute Gasteiger partial charge is 0.496 e. The molecule has 10 heteroatoms. The number of esters is 1. The molecule has 2 aromatic carbocycles. The second-order valence-corrected chi connectivity index (χ2v) is 11.0. The van der Waals surface area contributed by atoms with E-state index in [0.717, 1.165) is 25.0 Å². The van der Waals surface area contributed by atoms with Crippen LogP contribution in [0, 0.1) is 17.6 Å². The topological polar surface area (TPSA) is 85.4 Å². The summed E-state index contributed by atoms with van der Waals surface area (Å²) in [5.74, 6) is -2.23. The van der Waals surface area contributed by atoms with Crippen LogP contribution in [0.4, 0.5) is 8.78 Å². The maximum Gasteiger partial charge on any atom is 0.308 e. The second kappa shape index (κ2) is 13.1. The zero-order chi connectivity index (χ0) is 29.6. The van der Waals surface area contributed by atoms with Crippen LogP contribution in [0.1, 0.15) is 47.0 Å². The molecule has 0 N–H and O–H groups in total. The molecule has 2 amide bonds. The summed E-state index contributed by atoms with van der Waals surface area (Å²) >= 11 is 0. The van der Waals surface area contributed by atoms with Gasteiger partial charge in [-0.1, -0.05) is 12.1 Å². The molecule has 0 saturated carbocycles. The minimum absolute atomic E-state index is 0.0495. The summed E-state index contributed by atoms with van der Waals surface area (Å²) in [6.07, 6.45) is 1.39. The van der Waals surface area contributed by atoms with E-state index in [1.54, 1.807) is 49.9 Å². The van der Waals surface area contributed by atoms with Gasteiger partial charge in [-0.2, -0.15) is 0 Å². The number of carbonyl (C=O) groups excluding carboxylic acids is 3. The zero-order valence-electron chi connectivity index (χ0n) is 24.0. The van der Waals surface area contributed by atoms with Gasteiger partial charge in [0.15, 0.2) is 11.6 Å². The molecule has 2 unspecified atom stereocenters. The number of ether oxygens (including phenoxy) is 3. The third-order valence-electron chi connectivity index (χ3n) is 6.75. The maximum atomic E-state index is 13.8. The average molecular weight is 561 g/mol. The number of hydrogen-bond donors (Lipinski definition) is 0. The minimum atomic E-state index is -0.982. The lowest BCUT2D eigenvalue weighted by atomic mass is 9.97. The smallest absolute Gasteiger partial charge is 0.308 e. The number of halogens is 2. The first kappa shape index (κ1) is 30.8. The summed E-state index contributed by atoms with van der Waals surface area (Å²) in [5, 5.41) is 0. The predicted octanol–water partition coefficient (Wildman–Crippen LogP) is 4.84. The quantitative estimate of drug-likeness (QED) is 0.408. The van der Waals surface area contributed by atoms with Crippen LogP contribution in [0.3, 0.4) is 0 Å². The Hall–Kier alpha value is -3.69. The van der Waals surface area contributed by atoms with Crippen molar-refractivity contribution >= 4 is 17.8 Å². The van der Waals surface area contributed by atoms with Crippen molar-refractivity contribution in [2.24, 2.45) is 5.92 Å². The van der Waals surface area contributed by atoms with E-state index in [2.05, 4.69) is 0 Å².